The van der Waals surface area contributed by atoms with Gasteiger partial charge in [0.15, 0.2) is 11.5 Å². The summed E-state index contributed by atoms with van der Waals surface area (Å²) in [5.41, 5.74) is 2.14. The number of aromatic nitrogens is 2. The molecule has 0 saturated carbocycles. The van der Waals surface area contributed by atoms with Crippen LogP contribution in [0.2, 0.25) is 0 Å². The first kappa shape index (κ1) is 25.7. The van der Waals surface area contributed by atoms with Gasteiger partial charge in [-0.2, -0.15) is 13.2 Å². The van der Waals surface area contributed by atoms with Gasteiger partial charge in [-0.25, -0.2) is 4.98 Å². The highest BCUT2D eigenvalue weighted by molar-refractivity contribution is 5.83. The van der Waals surface area contributed by atoms with Crippen LogP contribution >= 0.6 is 0 Å². The second kappa shape index (κ2) is 10.3. The number of alkyl halides is 3. The van der Waals surface area contributed by atoms with Crippen LogP contribution < -0.4 is 23.7 Å². The third kappa shape index (κ3) is 5.00. The number of nitrogens with zero attached hydrogens (tertiary/aromatic N) is 2. The number of halogens is 3. The Morgan fingerprint density at radius 3 is 1.70 bits per heavy atom. The van der Waals surface area contributed by atoms with E-state index < -0.39 is 11.7 Å². The highest BCUT2D eigenvalue weighted by atomic mass is 19.4. The first-order valence-corrected chi connectivity index (χ1v) is 11.0. The van der Waals surface area contributed by atoms with E-state index in [4.69, 9.17) is 23.7 Å². The second-order valence-corrected chi connectivity index (χ2v) is 7.87. The Bertz CT molecular complexity index is 1350. The third-order valence-electron chi connectivity index (χ3n) is 5.80. The lowest BCUT2D eigenvalue weighted by Gasteiger charge is -2.17. The van der Waals surface area contributed by atoms with Gasteiger partial charge in [0.25, 0.3) is 0 Å². The molecule has 0 radical (unpaired) electrons. The van der Waals surface area contributed by atoms with Crippen LogP contribution in [-0.4, -0.2) is 45.1 Å². The molecule has 0 aliphatic carbocycles. The van der Waals surface area contributed by atoms with Crippen LogP contribution in [0.4, 0.5) is 13.2 Å². The number of hydrogen-bond donors (Lipinski definition) is 0. The molecule has 0 fully saturated rings. The van der Waals surface area contributed by atoms with E-state index in [2.05, 4.69) is 4.98 Å². The summed E-state index contributed by atoms with van der Waals surface area (Å²) in [7, 11) is 7.59. The van der Waals surface area contributed by atoms with Crippen molar-refractivity contribution in [3.63, 3.8) is 0 Å². The van der Waals surface area contributed by atoms with E-state index in [1.165, 1.54) is 33.5 Å². The number of rotatable bonds is 8. The molecule has 7 nitrogen and oxygen atoms in total. The molecule has 0 saturated heterocycles. The van der Waals surface area contributed by atoms with E-state index >= 15 is 0 Å². The van der Waals surface area contributed by atoms with Gasteiger partial charge < -0.3 is 23.7 Å². The fourth-order valence-electron chi connectivity index (χ4n) is 4.00. The maximum absolute atomic E-state index is 13.2. The predicted octanol–water partition coefficient (Wildman–Crippen LogP) is 6.27. The van der Waals surface area contributed by atoms with Gasteiger partial charge >= 0.3 is 6.18 Å². The van der Waals surface area contributed by atoms with Crippen LogP contribution in [0.15, 0.2) is 60.9 Å². The van der Waals surface area contributed by atoms with Crippen LogP contribution in [0.1, 0.15) is 5.56 Å². The van der Waals surface area contributed by atoms with Crippen molar-refractivity contribution in [2.45, 2.75) is 6.18 Å². The minimum atomic E-state index is -4.45. The number of hydrogen-bond acceptors (Lipinski definition) is 6. The van der Waals surface area contributed by atoms with Gasteiger partial charge in [0, 0.05) is 22.9 Å². The van der Waals surface area contributed by atoms with Gasteiger partial charge in [0.2, 0.25) is 5.75 Å². The average molecular weight is 515 g/mol. The van der Waals surface area contributed by atoms with E-state index in [-0.39, 0.29) is 0 Å². The minimum absolute atomic E-state index is 0.402. The normalized spacial score (nSPS) is 11.2. The predicted molar refractivity (Wildman–Crippen MR) is 132 cm³/mol. The summed E-state index contributed by atoms with van der Waals surface area (Å²) < 4.78 is 68.6. The van der Waals surface area contributed by atoms with Crippen LogP contribution in [0.5, 0.6) is 28.7 Å². The van der Waals surface area contributed by atoms with E-state index in [0.717, 1.165) is 12.1 Å². The molecule has 0 aliphatic heterocycles. The molecule has 3 aromatic carbocycles. The van der Waals surface area contributed by atoms with Crippen molar-refractivity contribution >= 4 is 0 Å². The van der Waals surface area contributed by atoms with Crippen LogP contribution in [-0.2, 0) is 6.18 Å². The lowest BCUT2D eigenvalue weighted by Crippen LogP contribution is -2.05. The van der Waals surface area contributed by atoms with E-state index in [1.54, 1.807) is 55.4 Å². The number of imidazole rings is 1. The molecular formula is C27H25F3N2O5. The third-order valence-corrected chi connectivity index (χ3v) is 5.80. The van der Waals surface area contributed by atoms with Gasteiger partial charge in [0.1, 0.15) is 17.8 Å². The van der Waals surface area contributed by atoms with E-state index in [9.17, 15) is 13.2 Å². The van der Waals surface area contributed by atoms with Gasteiger partial charge in [-0.3, -0.25) is 4.57 Å². The van der Waals surface area contributed by atoms with Gasteiger partial charge in [-0.05, 0) is 48.5 Å². The van der Waals surface area contributed by atoms with Crippen LogP contribution in [0.3, 0.4) is 0 Å². The first-order valence-electron chi connectivity index (χ1n) is 11.0. The number of methoxy groups -OCH3 is 5. The summed E-state index contributed by atoms with van der Waals surface area (Å²) in [6.07, 6.45) is -2.91. The summed E-state index contributed by atoms with van der Waals surface area (Å²) in [6, 6.07) is 13.7. The molecule has 37 heavy (non-hydrogen) atoms. The molecule has 1 heterocycles. The largest absolute Gasteiger partial charge is 0.497 e. The van der Waals surface area contributed by atoms with Crippen molar-refractivity contribution < 1.29 is 36.9 Å². The molecule has 0 unspecified atom stereocenters. The van der Waals surface area contributed by atoms with Gasteiger partial charge in [-0.15, -0.1) is 0 Å². The van der Waals surface area contributed by atoms with Crippen molar-refractivity contribution in [1.82, 2.24) is 9.55 Å². The molecule has 0 amide bonds. The van der Waals surface area contributed by atoms with Crippen LogP contribution in [0, 0.1) is 0 Å². The Balaban J connectivity index is 2.00. The van der Waals surface area contributed by atoms with E-state index in [1.807, 2.05) is 0 Å². The van der Waals surface area contributed by atoms with Crippen molar-refractivity contribution in [2.75, 3.05) is 35.5 Å². The number of ether oxygens (including phenoxy) is 5. The average Bonchev–Trinajstić information content (AvgIpc) is 3.36. The van der Waals surface area contributed by atoms with Crippen molar-refractivity contribution in [3.05, 3.63) is 66.5 Å². The maximum Gasteiger partial charge on any atom is 0.416 e. The quantitative estimate of drug-likeness (QED) is 0.276. The fourth-order valence-corrected chi connectivity index (χ4v) is 4.00. The summed E-state index contributed by atoms with van der Waals surface area (Å²) in [5, 5.41) is 0. The zero-order valence-corrected chi connectivity index (χ0v) is 20.8. The summed E-state index contributed by atoms with van der Waals surface area (Å²) >= 11 is 0. The first-order chi connectivity index (χ1) is 17.7. The summed E-state index contributed by atoms with van der Waals surface area (Å²) in [6.45, 7) is 0. The maximum atomic E-state index is 13.2. The number of benzene rings is 3. The molecule has 4 aromatic rings. The highest BCUT2D eigenvalue weighted by Gasteiger charge is 2.30. The van der Waals surface area contributed by atoms with Gasteiger partial charge in [-0.1, -0.05) is 0 Å². The molecule has 0 aliphatic rings. The molecule has 0 spiro atoms. The van der Waals surface area contributed by atoms with Crippen molar-refractivity contribution in [3.8, 4) is 56.9 Å². The van der Waals surface area contributed by atoms with E-state index in [0.29, 0.717) is 56.9 Å². The topological polar surface area (TPSA) is 64.0 Å². The molecule has 0 bridgehead atoms. The minimum Gasteiger partial charge on any atom is -0.497 e. The molecule has 4 rings (SSSR count). The Morgan fingerprint density at radius 2 is 1.24 bits per heavy atom. The highest BCUT2D eigenvalue weighted by Crippen LogP contribution is 2.44. The summed E-state index contributed by atoms with van der Waals surface area (Å²) in [4.78, 5) is 4.63. The molecular weight excluding hydrogens is 489 g/mol. The zero-order valence-electron chi connectivity index (χ0n) is 20.8. The second-order valence-electron chi connectivity index (χ2n) is 7.87. The van der Waals surface area contributed by atoms with Gasteiger partial charge in [0.05, 0.1) is 52.5 Å². The SMILES string of the molecule is COc1cc(OC)cc(-c2ncn(-c3ccc(C(F)(F)F)cc3)c2-c2cc(OC)c(OC)c(OC)c2)c1. The Morgan fingerprint density at radius 1 is 0.676 bits per heavy atom. The fraction of sp³-hybridized carbons (Fsp3) is 0.222. The monoisotopic (exact) mass is 514 g/mol. The molecule has 1 aromatic heterocycles. The van der Waals surface area contributed by atoms with Crippen molar-refractivity contribution in [1.29, 1.82) is 0 Å². The molecule has 10 heteroatoms. The Labute approximate surface area is 211 Å². The zero-order chi connectivity index (χ0) is 26.7. The molecule has 194 valence electrons. The van der Waals surface area contributed by atoms with Crippen LogP contribution in [0.25, 0.3) is 28.2 Å². The molecule has 0 N–H and O–H groups in total. The Hall–Kier alpha value is -4.34. The Kier molecular flexibility index (Phi) is 7.19. The summed E-state index contributed by atoms with van der Waals surface area (Å²) in [5.74, 6) is 2.32. The lowest BCUT2D eigenvalue weighted by atomic mass is 10.0. The lowest BCUT2D eigenvalue weighted by molar-refractivity contribution is -0.137. The smallest absolute Gasteiger partial charge is 0.416 e. The molecule has 0 atom stereocenters. The van der Waals surface area contributed by atoms with Crippen molar-refractivity contribution in [2.24, 2.45) is 0 Å². The standard InChI is InChI=1S/C27H25F3N2O5/c1-33-20-10-16(11-21(14-20)34-2)24-25(17-12-22(35-3)26(37-5)23(13-17)36-4)32(15-31-24)19-8-6-18(7-9-19)27(28,29)30/h6-15H,1-5H3.